The summed E-state index contributed by atoms with van der Waals surface area (Å²) in [6, 6.07) is 0.489. The first-order valence-electron chi connectivity index (χ1n) is 8.06. The van der Waals surface area contributed by atoms with Crippen molar-refractivity contribution >= 4 is 23.8 Å². The van der Waals surface area contributed by atoms with E-state index < -0.39 is 5.97 Å². The van der Waals surface area contributed by atoms with Gasteiger partial charge in [0.1, 0.15) is 0 Å². The van der Waals surface area contributed by atoms with Crippen LogP contribution in [0.1, 0.15) is 40.0 Å². The lowest BCUT2D eigenvalue weighted by atomic mass is 9.85. The molecule has 1 rings (SSSR count). The molecule has 0 aliphatic heterocycles. The first-order chi connectivity index (χ1) is 10.5. The van der Waals surface area contributed by atoms with Crippen LogP contribution in [-0.4, -0.2) is 64.7 Å². The Hall–Kier alpha value is -0.950. The smallest absolute Gasteiger partial charge is 0.317 e. The summed E-state index contributed by atoms with van der Waals surface area (Å²) in [6.45, 7) is 6.91. The SMILES string of the molecule is CCSCCC(C)NC(=O)NC1CC(N(CC)CC(=O)O)C1. The minimum atomic E-state index is -0.797. The molecule has 0 bridgehead atoms. The number of hydrogen-bond donors (Lipinski definition) is 3. The van der Waals surface area contributed by atoms with Gasteiger partial charge < -0.3 is 15.7 Å². The lowest BCUT2D eigenvalue weighted by Gasteiger charge is -2.42. The van der Waals surface area contributed by atoms with Gasteiger partial charge in [0.05, 0.1) is 6.54 Å². The van der Waals surface area contributed by atoms with E-state index in [-0.39, 0.29) is 30.7 Å². The van der Waals surface area contributed by atoms with Crippen molar-refractivity contribution in [2.24, 2.45) is 0 Å². The molecule has 2 amide bonds. The van der Waals surface area contributed by atoms with Crippen molar-refractivity contribution in [3.8, 4) is 0 Å². The van der Waals surface area contributed by atoms with Gasteiger partial charge >= 0.3 is 12.0 Å². The highest BCUT2D eigenvalue weighted by Gasteiger charge is 2.34. The second kappa shape index (κ2) is 9.94. The van der Waals surface area contributed by atoms with Crippen LogP contribution < -0.4 is 10.6 Å². The summed E-state index contributed by atoms with van der Waals surface area (Å²) in [5, 5.41) is 14.8. The van der Waals surface area contributed by atoms with Gasteiger partial charge in [0.25, 0.3) is 0 Å². The molecule has 1 atom stereocenters. The van der Waals surface area contributed by atoms with Crippen molar-refractivity contribution in [3.63, 3.8) is 0 Å². The van der Waals surface area contributed by atoms with Crippen molar-refractivity contribution in [1.29, 1.82) is 0 Å². The normalized spacial score (nSPS) is 22.0. The quantitative estimate of drug-likeness (QED) is 0.531. The maximum Gasteiger partial charge on any atom is 0.317 e. The fraction of sp³-hybridized carbons (Fsp3) is 0.867. The van der Waals surface area contributed by atoms with Crippen molar-refractivity contribution in [1.82, 2.24) is 15.5 Å². The molecule has 1 unspecified atom stereocenters. The molecule has 128 valence electrons. The number of urea groups is 1. The van der Waals surface area contributed by atoms with Gasteiger partial charge in [0, 0.05) is 18.1 Å². The molecule has 6 nitrogen and oxygen atoms in total. The highest BCUT2D eigenvalue weighted by atomic mass is 32.2. The van der Waals surface area contributed by atoms with Crippen molar-refractivity contribution in [3.05, 3.63) is 0 Å². The summed E-state index contributed by atoms with van der Waals surface area (Å²) in [6.07, 6.45) is 2.63. The average Bonchev–Trinajstić information content (AvgIpc) is 2.40. The Morgan fingerprint density at radius 3 is 2.59 bits per heavy atom. The maximum absolute atomic E-state index is 11.9. The molecule has 3 N–H and O–H groups in total. The number of carboxylic acids is 1. The van der Waals surface area contributed by atoms with Gasteiger partial charge in [-0.3, -0.25) is 9.69 Å². The van der Waals surface area contributed by atoms with Crippen molar-refractivity contribution in [2.45, 2.75) is 58.2 Å². The van der Waals surface area contributed by atoms with Gasteiger partial charge in [-0.1, -0.05) is 13.8 Å². The number of nitrogens with one attached hydrogen (secondary N) is 2. The monoisotopic (exact) mass is 331 g/mol. The van der Waals surface area contributed by atoms with E-state index in [4.69, 9.17) is 5.11 Å². The molecule has 0 heterocycles. The second-order valence-electron chi connectivity index (χ2n) is 5.78. The van der Waals surface area contributed by atoms with Gasteiger partial charge in [-0.05, 0) is 44.2 Å². The van der Waals surface area contributed by atoms with Gasteiger partial charge in [-0.2, -0.15) is 11.8 Å². The Kier molecular flexibility index (Phi) is 8.63. The molecule has 1 fully saturated rings. The predicted octanol–water partition coefficient (Wildman–Crippen LogP) is 1.75. The van der Waals surface area contributed by atoms with Gasteiger partial charge in [0.15, 0.2) is 0 Å². The van der Waals surface area contributed by atoms with Crippen LogP contribution in [0.2, 0.25) is 0 Å². The Morgan fingerprint density at radius 1 is 1.36 bits per heavy atom. The fourth-order valence-corrected chi connectivity index (χ4v) is 3.41. The Morgan fingerprint density at radius 2 is 2.05 bits per heavy atom. The molecule has 0 saturated heterocycles. The zero-order valence-electron chi connectivity index (χ0n) is 13.8. The maximum atomic E-state index is 11.9. The zero-order valence-corrected chi connectivity index (χ0v) is 14.6. The molecule has 22 heavy (non-hydrogen) atoms. The number of aliphatic carboxylic acids is 1. The van der Waals surface area contributed by atoms with Gasteiger partial charge in [-0.25, -0.2) is 4.79 Å². The number of rotatable bonds is 10. The van der Waals surface area contributed by atoms with Crippen LogP contribution in [0, 0.1) is 0 Å². The summed E-state index contributed by atoms with van der Waals surface area (Å²) in [4.78, 5) is 24.6. The third kappa shape index (κ3) is 6.87. The van der Waals surface area contributed by atoms with E-state index in [0.717, 1.165) is 37.3 Å². The lowest BCUT2D eigenvalue weighted by Crippen LogP contribution is -2.57. The number of thioether (sulfide) groups is 1. The molecular formula is C15H29N3O3S. The van der Waals surface area contributed by atoms with Crippen molar-refractivity contribution < 1.29 is 14.7 Å². The Bertz CT molecular complexity index is 362. The third-order valence-electron chi connectivity index (χ3n) is 3.99. The van der Waals surface area contributed by atoms with Crippen LogP contribution in [0.25, 0.3) is 0 Å². The van der Waals surface area contributed by atoms with E-state index in [2.05, 4.69) is 17.6 Å². The van der Waals surface area contributed by atoms with E-state index in [0.29, 0.717) is 0 Å². The number of amides is 2. The third-order valence-corrected chi connectivity index (χ3v) is 4.92. The molecule has 1 aliphatic rings. The number of likely N-dealkylation sites (N-methyl/N-ethyl adjacent to an activating group) is 1. The number of carboxylic acid groups (broad SMARTS) is 1. The van der Waals surface area contributed by atoms with Crippen LogP contribution in [-0.2, 0) is 4.79 Å². The van der Waals surface area contributed by atoms with Crippen LogP contribution in [0.4, 0.5) is 4.79 Å². The van der Waals surface area contributed by atoms with E-state index in [9.17, 15) is 9.59 Å². The molecule has 0 spiro atoms. The highest BCUT2D eigenvalue weighted by molar-refractivity contribution is 7.99. The summed E-state index contributed by atoms with van der Waals surface area (Å²) in [7, 11) is 0. The average molecular weight is 331 g/mol. The first kappa shape index (κ1) is 19.1. The topological polar surface area (TPSA) is 81.7 Å². The Balaban J connectivity index is 2.19. The summed E-state index contributed by atoms with van der Waals surface area (Å²) in [5.74, 6) is 1.37. The van der Waals surface area contributed by atoms with E-state index in [1.165, 1.54) is 0 Å². The van der Waals surface area contributed by atoms with Gasteiger partial charge in [-0.15, -0.1) is 0 Å². The molecule has 1 saturated carbocycles. The van der Waals surface area contributed by atoms with Crippen molar-refractivity contribution in [2.75, 3.05) is 24.6 Å². The minimum absolute atomic E-state index is 0.0756. The number of carbonyl (C=O) groups excluding carboxylic acids is 1. The van der Waals surface area contributed by atoms with Gasteiger partial charge in [0.2, 0.25) is 0 Å². The first-order valence-corrected chi connectivity index (χ1v) is 9.22. The molecule has 0 aromatic rings. The van der Waals surface area contributed by atoms with Crippen LogP contribution in [0.5, 0.6) is 0 Å². The highest BCUT2D eigenvalue weighted by Crippen LogP contribution is 2.25. The summed E-state index contributed by atoms with van der Waals surface area (Å²) in [5.41, 5.74) is 0. The number of hydrogen-bond acceptors (Lipinski definition) is 4. The molecular weight excluding hydrogens is 302 g/mol. The lowest BCUT2D eigenvalue weighted by molar-refractivity contribution is -0.139. The van der Waals surface area contributed by atoms with Crippen LogP contribution in [0.15, 0.2) is 0 Å². The largest absolute Gasteiger partial charge is 0.480 e. The molecule has 0 radical (unpaired) electrons. The van der Waals surface area contributed by atoms with Crippen LogP contribution in [0.3, 0.4) is 0 Å². The summed E-state index contributed by atoms with van der Waals surface area (Å²) < 4.78 is 0. The van der Waals surface area contributed by atoms with E-state index >= 15 is 0 Å². The molecule has 1 aliphatic carbocycles. The van der Waals surface area contributed by atoms with Crippen LogP contribution >= 0.6 is 11.8 Å². The number of nitrogens with zero attached hydrogens (tertiary/aromatic N) is 1. The molecule has 0 aromatic carbocycles. The van der Waals surface area contributed by atoms with E-state index in [1.54, 1.807) is 0 Å². The van der Waals surface area contributed by atoms with E-state index in [1.807, 2.05) is 30.5 Å². The second-order valence-corrected chi connectivity index (χ2v) is 7.18. The molecule has 0 aromatic heterocycles. The predicted molar refractivity (Wildman–Crippen MR) is 90.4 cm³/mol. The minimum Gasteiger partial charge on any atom is -0.480 e. The number of carbonyl (C=O) groups is 2. The zero-order chi connectivity index (χ0) is 16.5. The summed E-state index contributed by atoms with van der Waals surface area (Å²) >= 11 is 1.88. The Labute approximate surface area is 137 Å². The fourth-order valence-electron chi connectivity index (χ4n) is 2.60. The standard InChI is InChI=1S/C15H29N3O3S/c1-4-18(10-14(19)20)13-8-12(9-13)17-15(21)16-11(3)6-7-22-5-2/h11-13H,4-10H2,1-3H3,(H,19,20)(H2,16,17,21). The molecule has 7 heteroatoms.